The molecule has 0 N–H and O–H groups in total. The van der Waals surface area contributed by atoms with Crippen molar-refractivity contribution in [3.05, 3.63) is 80.8 Å². The number of fused-ring (bicyclic) bond motifs is 1. The maximum Gasteiger partial charge on any atom is 0.143 e. The number of hydrogen-bond acceptors (Lipinski definition) is 3. The standard InChI is InChI=1S/C21H14BrCl2FN2OS/c1-28-14-4-2-12(3-5-14)10-27-11-18(15-8-13(22)9-26-21(15)27)29-20-16(23)6-7-17(25)19(20)24/h2-9,11H,10H2,1H3. The maximum absolute atomic E-state index is 14.0. The van der Waals surface area contributed by atoms with Gasteiger partial charge in [0.2, 0.25) is 0 Å². The van der Waals surface area contributed by atoms with Crippen LogP contribution in [0.4, 0.5) is 4.39 Å². The summed E-state index contributed by atoms with van der Waals surface area (Å²) in [6, 6.07) is 12.6. The average molecular weight is 512 g/mol. The summed E-state index contributed by atoms with van der Waals surface area (Å²) in [5.41, 5.74) is 1.92. The Hall–Kier alpha value is -1.73. The first kappa shape index (κ1) is 20.5. The Bertz CT molecular complexity index is 1200. The molecule has 4 aromatic rings. The predicted octanol–water partition coefficient (Wildman–Crippen LogP) is 7.45. The lowest BCUT2D eigenvalue weighted by Crippen LogP contribution is -1.99. The molecule has 2 aromatic heterocycles. The largest absolute Gasteiger partial charge is 0.497 e. The van der Waals surface area contributed by atoms with E-state index in [1.54, 1.807) is 13.3 Å². The predicted molar refractivity (Wildman–Crippen MR) is 120 cm³/mol. The highest BCUT2D eigenvalue weighted by molar-refractivity contribution is 9.10. The average Bonchev–Trinajstić information content (AvgIpc) is 3.05. The van der Waals surface area contributed by atoms with Crippen molar-refractivity contribution in [2.45, 2.75) is 16.3 Å². The van der Waals surface area contributed by atoms with E-state index < -0.39 is 5.82 Å². The lowest BCUT2D eigenvalue weighted by Gasteiger charge is -2.07. The highest BCUT2D eigenvalue weighted by Gasteiger charge is 2.17. The van der Waals surface area contributed by atoms with Crippen LogP contribution in [0, 0.1) is 5.82 Å². The second-order valence-electron chi connectivity index (χ2n) is 6.27. The van der Waals surface area contributed by atoms with Gasteiger partial charge >= 0.3 is 0 Å². The van der Waals surface area contributed by atoms with Gasteiger partial charge in [0.15, 0.2) is 0 Å². The fraction of sp³-hybridized carbons (Fsp3) is 0.0952. The zero-order chi connectivity index (χ0) is 20.5. The van der Waals surface area contributed by atoms with Gasteiger partial charge in [-0.1, -0.05) is 47.1 Å². The number of nitrogens with zero attached hydrogens (tertiary/aromatic N) is 2. The van der Waals surface area contributed by atoms with Gasteiger partial charge in [-0.15, -0.1) is 0 Å². The van der Waals surface area contributed by atoms with Gasteiger partial charge in [0, 0.05) is 33.7 Å². The molecule has 8 heteroatoms. The topological polar surface area (TPSA) is 27.1 Å². The number of benzene rings is 2. The molecular formula is C21H14BrCl2FN2OS. The second-order valence-corrected chi connectivity index (χ2v) is 9.02. The van der Waals surface area contributed by atoms with Crippen LogP contribution in [-0.2, 0) is 6.54 Å². The van der Waals surface area contributed by atoms with Crippen molar-refractivity contribution in [3.63, 3.8) is 0 Å². The van der Waals surface area contributed by atoms with Gasteiger partial charge in [0.05, 0.1) is 22.1 Å². The van der Waals surface area contributed by atoms with E-state index in [2.05, 4.69) is 20.9 Å². The molecule has 3 nitrogen and oxygen atoms in total. The quantitative estimate of drug-likeness (QED) is 0.260. The number of halogens is 4. The normalized spacial score (nSPS) is 11.2. The SMILES string of the molecule is COc1ccc(Cn2cc(Sc3c(Cl)ccc(F)c3Cl)c3cc(Br)cnc32)cc1. The Labute approximate surface area is 189 Å². The number of aromatic nitrogens is 2. The lowest BCUT2D eigenvalue weighted by molar-refractivity contribution is 0.414. The van der Waals surface area contributed by atoms with Gasteiger partial charge in [0.25, 0.3) is 0 Å². The van der Waals surface area contributed by atoms with E-state index in [1.165, 1.54) is 23.9 Å². The summed E-state index contributed by atoms with van der Waals surface area (Å²) in [5, 5.41) is 1.34. The first-order valence-electron chi connectivity index (χ1n) is 8.55. The van der Waals surface area contributed by atoms with Crippen molar-refractivity contribution in [2.24, 2.45) is 0 Å². The maximum atomic E-state index is 14.0. The van der Waals surface area contributed by atoms with Crippen LogP contribution in [0.25, 0.3) is 11.0 Å². The molecule has 0 spiro atoms. The summed E-state index contributed by atoms with van der Waals surface area (Å²) in [4.78, 5) is 5.94. The van der Waals surface area contributed by atoms with E-state index in [4.69, 9.17) is 27.9 Å². The fourth-order valence-electron chi connectivity index (χ4n) is 2.96. The van der Waals surface area contributed by atoms with Crippen molar-refractivity contribution in [2.75, 3.05) is 7.11 Å². The molecule has 0 fully saturated rings. The monoisotopic (exact) mass is 510 g/mol. The summed E-state index contributed by atoms with van der Waals surface area (Å²) in [5.74, 6) is 0.305. The van der Waals surface area contributed by atoms with Crippen LogP contribution in [0.1, 0.15) is 5.56 Å². The molecule has 29 heavy (non-hydrogen) atoms. The Balaban J connectivity index is 1.77. The van der Waals surface area contributed by atoms with E-state index in [0.717, 1.165) is 31.7 Å². The van der Waals surface area contributed by atoms with Crippen LogP contribution in [-0.4, -0.2) is 16.7 Å². The second kappa shape index (κ2) is 8.56. The van der Waals surface area contributed by atoms with Crippen LogP contribution in [0.2, 0.25) is 10.0 Å². The fourth-order valence-corrected chi connectivity index (χ4v) is 4.90. The van der Waals surface area contributed by atoms with Crippen LogP contribution in [0.5, 0.6) is 5.75 Å². The minimum absolute atomic E-state index is 0.0153. The summed E-state index contributed by atoms with van der Waals surface area (Å²) in [6.07, 6.45) is 3.74. The number of pyridine rings is 1. The van der Waals surface area contributed by atoms with Crippen molar-refractivity contribution < 1.29 is 9.13 Å². The molecule has 0 atom stereocenters. The smallest absolute Gasteiger partial charge is 0.143 e. The molecular weight excluding hydrogens is 498 g/mol. The highest BCUT2D eigenvalue weighted by atomic mass is 79.9. The zero-order valence-corrected chi connectivity index (χ0v) is 19.0. The van der Waals surface area contributed by atoms with E-state index in [-0.39, 0.29) is 5.02 Å². The summed E-state index contributed by atoms with van der Waals surface area (Å²) < 4.78 is 22.1. The first-order chi connectivity index (χ1) is 14.0. The van der Waals surface area contributed by atoms with Crippen molar-refractivity contribution in [1.29, 1.82) is 0 Å². The molecule has 2 heterocycles. The summed E-state index contributed by atoms with van der Waals surface area (Å²) in [6.45, 7) is 0.625. The molecule has 0 amide bonds. The van der Waals surface area contributed by atoms with Crippen molar-refractivity contribution in [3.8, 4) is 5.75 Å². The number of hydrogen-bond donors (Lipinski definition) is 0. The third kappa shape index (κ3) is 4.26. The molecule has 148 valence electrons. The van der Waals surface area contributed by atoms with E-state index >= 15 is 0 Å². The number of rotatable bonds is 5. The summed E-state index contributed by atoms with van der Waals surface area (Å²) >= 11 is 17.3. The lowest BCUT2D eigenvalue weighted by atomic mass is 10.2. The third-order valence-electron chi connectivity index (χ3n) is 4.37. The van der Waals surface area contributed by atoms with Crippen molar-refractivity contribution in [1.82, 2.24) is 9.55 Å². The molecule has 0 aliphatic heterocycles. The Morgan fingerprint density at radius 3 is 2.66 bits per heavy atom. The molecule has 0 radical (unpaired) electrons. The Kier molecular flexibility index (Phi) is 6.06. The zero-order valence-electron chi connectivity index (χ0n) is 15.1. The molecule has 2 aromatic carbocycles. The molecule has 0 aliphatic carbocycles. The molecule has 0 aliphatic rings. The molecule has 0 bridgehead atoms. The minimum atomic E-state index is -0.500. The summed E-state index contributed by atoms with van der Waals surface area (Å²) in [7, 11) is 1.64. The Morgan fingerprint density at radius 1 is 1.17 bits per heavy atom. The van der Waals surface area contributed by atoms with Gasteiger partial charge in [0.1, 0.15) is 17.2 Å². The third-order valence-corrected chi connectivity index (χ3v) is 6.89. The first-order valence-corrected chi connectivity index (χ1v) is 10.9. The molecule has 4 rings (SSSR count). The van der Waals surface area contributed by atoms with Crippen LogP contribution in [0.15, 0.2) is 69.1 Å². The van der Waals surface area contributed by atoms with Gasteiger partial charge in [-0.2, -0.15) is 0 Å². The van der Waals surface area contributed by atoms with Gasteiger partial charge < -0.3 is 9.30 Å². The molecule has 0 unspecified atom stereocenters. The Morgan fingerprint density at radius 2 is 1.93 bits per heavy atom. The van der Waals surface area contributed by atoms with Crippen LogP contribution >= 0.6 is 50.9 Å². The van der Waals surface area contributed by atoms with E-state index in [1.807, 2.05) is 41.1 Å². The van der Waals surface area contributed by atoms with E-state index in [9.17, 15) is 4.39 Å². The van der Waals surface area contributed by atoms with Crippen LogP contribution < -0.4 is 4.74 Å². The molecule has 0 saturated heterocycles. The van der Waals surface area contributed by atoms with Gasteiger partial charge in [-0.05, 0) is 51.8 Å². The van der Waals surface area contributed by atoms with Gasteiger partial charge in [-0.25, -0.2) is 9.37 Å². The van der Waals surface area contributed by atoms with E-state index in [0.29, 0.717) is 16.5 Å². The number of methoxy groups -OCH3 is 1. The van der Waals surface area contributed by atoms with Crippen molar-refractivity contribution >= 4 is 61.9 Å². The molecule has 0 saturated carbocycles. The minimum Gasteiger partial charge on any atom is -0.497 e. The number of ether oxygens (including phenoxy) is 1. The van der Waals surface area contributed by atoms with Gasteiger partial charge in [-0.3, -0.25) is 0 Å². The highest BCUT2D eigenvalue weighted by Crippen LogP contribution is 2.43. The van der Waals surface area contributed by atoms with Crippen LogP contribution in [0.3, 0.4) is 0 Å².